The van der Waals surface area contributed by atoms with E-state index in [4.69, 9.17) is 14.2 Å². The second kappa shape index (κ2) is 12.2. The Kier molecular flexibility index (Phi) is 8.82. The van der Waals surface area contributed by atoms with Gasteiger partial charge in [-0.05, 0) is 72.0 Å². The molecule has 1 N–H and O–H groups in total. The third-order valence-corrected chi connectivity index (χ3v) is 4.93. The van der Waals surface area contributed by atoms with E-state index in [1.807, 2.05) is 30.3 Å². The Hall–Kier alpha value is -3.87. The number of rotatable bonds is 11. The summed E-state index contributed by atoms with van der Waals surface area (Å²) in [7, 11) is 3.18. The molecule has 0 aliphatic rings. The molecule has 7 heteroatoms. The fourth-order valence-corrected chi connectivity index (χ4v) is 3.11. The molecule has 0 aliphatic heterocycles. The van der Waals surface area contributed by atoms with E-state index in [-0.39, 0.29) is 18.3 Å². The van der Waals surface area contributed by atoms with Gasteiger partial charge in [-0.25, -0.2) is 9.82 Å². The predicted molar refractivity (Wildman–Crippen MR) is 125 cm³/mol. The Morgan fingerprint density at radius 3 is 2.36 bits per heavy atom. The summed E-state index contributed by atoms with van der Waals surface area (Å²) < 4.78 is 29.3. The van der Waals surface area contributed by atoms with Crippen molar-refractivity contribution in [2.45, 2.75) is 25.9 Å². The minimum Gasteiger partial charge on any atom is -0.497 e. The fraction of sp³-hybridized carbons (Fsp3) is 0.231. The number of aryl methyl sites for hydroxylation is 1. The minimum atomic E-state index is -0.288. The number of carbonyl (C=O) groups excluding carboxylic acids is 1. The lowest BCUT2D eigenvalue weighted by atomic mass is 10.1. The molecule has 0 saturated heterocycles. The number of ether oxygens (including phenoxy) is 3. The van der Waals surface area contributed by atoms with Crippen molar-refractivity contribution < 1.29 is 23.4 Å². The lowest BCUT2D eigenvalue weighted by Gasteiger charge is -2.11. The summed E-state index contributed by atoms with van der Waals surface area (Å²) in [6.07, 6.45) is 3.45. The van der Waals surface area contributed by atoms with Gasteiger partial charge in [-0.1, -0.05) is 24.3 Å². The number of nitrogens with one attached hydrogen (secondary N) is 1. The molecule has 0 fully saturated rings. The molecule has 3 aromatic rings. The van der Waals surface area contributed by atoms with E-state index in [0.717, 1.165) is 35.3 Å². The zero-order valence-electron chi connectivity index (χ0n) is 18.7. The third kappa shape index (κ3) is 7.64. The molecule has 0 unspecified atom stereocenters. The first-order chi connectivity index (χ1) is 16.1. The summed E-state index contributed by atoms with van der Waals surface area (Å²) in [6.45, 7) is 0.288. The Morgan fingerprint density at radius 1 is 0.939 bits per heavy atom. The zero-order chi connectivity index (χ0) is 23.5. The van der Waals surface area contributed by atoms with Crippen molar-refractivity contribution in [2.75, 3.05) is 14.2 Å². The number of hydrogen-bond acceptors (Lipinski definition) is 5. The van der Waals surface area contributed by atoms with Gasteiger partial charge in [-0.2, -0.15) is 5.10 Å². The van der Waals surface area contributed by atoms with E-state index >= 15 is 0 Å². The van der Waals surface area contributed by atoms with Crippen molar-refractivity contribution in [1.29, 1.82) is 0 Å². The van der Waals surface area contributed by atoms with E-state index in [1.165, 1.54) is 12.1 Å². The second-order valence-electron chi connectivity index (χ2n) is 7.32. The fourth-order valence-electron chi connectivity index (χ4n) is 3.11. The van der Waals surface area contributed by atoms with Crippen LogP contribution in [0.2, 0.25) is 0 Å². The Morgan fingerprint density at radius 2 is 1.67 bits per heavy atom. The number of hydrogen-bond donors (Lipinski definition) is 1. The number of carbonyl (C=O) groups is 1. The monoisotopic (exact) mass is 450 g/mol. The van der Waals surface area contributed by atoms with Gasteiger partial charge in [0, 0.05) is 6.42 Å². The highest BCUT2D eigenvalue weighted by atomic mass is 19.1. The molecule has 0 atom stereocenters. The van der Waals surface area contributed by atoms with Gasteiger partial charge in [-0.3, -0.25) is 4.79 Å². The Balaban J connectivity index is 1.45. The molecule has 3 rings (SSSR count). The summed E-state index contributed by atoms with van der Waals surface area (Å²) in [6, 6.07) is 19.3. The van der Waals surface area contributed by atoms with Crippen LogP contribution < -0.4 is 19.6 Å². The van der Waals surface area contributed by atoms with Crippen molar-refractivity contribution in [3.05, 3.63) is 89.2 Å². The maximum atomic E-state index is 13.0. The van der Waals surface area contributed by atoms with Crippen LogP contribution in [-0.4, -0.2) is 26.3 Å². The van der Waals surface area contributed by atoms with Gasteiger partial charge in [0.15, 0.2) is 11.5 Å². The van der Waals surface area contributed by atoms with Crippen molar-refractivity contribution in [3.63, 3.8) is 0 Å². The number of nitrogens with zero attached hydrogens (tertiary/aromatic N) is 1. The molecule has 3 aromatic carbocycles. The van der Waals surface area contributed by atoms with Crippen LogP contribution >= 0.6 is 0 Å². The van der Waals surface area contributed by atoms with Gasteiger partial charge in [0.05, 0.1) is 20.4 Å². The topological polar surface area (TPSA) is 69.2 Å². The highest BCUT2D eigenvalue weighted by Crippen LogP contribution is 2.28. The number of benzene rings is 3. The molecule has 0 heterocycles. The van der Waals surface area contributed by atoms with Gasteiger partial charge in [-0.15, -0.1) is 0 Å². The van der Waals surface area contributed by atoms with Gasteiger partial charge < -0.3 is 14.2 Å². The average Bonchev–Trinajstić information content (AvgIpc) is 2.84. The summed E-state index contributed by atoms with van der Waals surface area (Å²) in [5.74, 6) is 1.47. The van der Waals surface area contributed by atoms with Crippen LogP contribution in [-0.2, 0) is 17.8 Å². The molecule has 0 bridgehead atoms. The predicted octanol–water partition coefficient (Wildman–Crippen LogP) is 4.89. The highest BCUT2D eigenvalue weighted by molar-refractivity contribution is 5.83. The van der Waals surface area contributed by atoms with Gasteiger partial charge >= 0.3 is 0 Å². The van der Waals surface area contributed by atoms with Crippen molar-refractivity contribution >= 4 is 12.1 Å². The van der Waals surface area contributed by atoms with Crippen LogP contribution in [0.25, 0.3) is 0 Å². The van der Waals surface area contributed by atoms with Crippen LogP contribution in [0, 0.1) is 5.82 Å². The third-order valence-electron chi connectivity index (χ3n) is 4.93. The normalized spacial score (nSPS) is 10.8. The smallest absolute Gasteiger partial charge is 0.240 e. The molecule has 0 aliphatic carbocycles. The van der Waals surface area contributed by atoms with Crippen LogP contribution in [0.3, 0.4) is 0 Å². The molecule has 172 valence electrons. The minimum absolute atomic E-state index is 0.147. The van der Waals surface area contributed by atoms with Gasteiger partial charge in [0.2, 0.25) is 5.91 Å². The molecule has 0 saturated carbocycles. The molecule has 0 radical (unpaired) electrons. The largest absolute Gasteiger partial charge is 0.497 e. The first-order valence-corrected chi connectivity index (χ1v) is 10.6. The molecule has 6 nitrogen and oxygen atoms in total. The van der Waals surface area contributed by atoms with Crippen LogP contribution in [0.5, 0.6) is 17.2 Å². The number of amides is 1. The zero-order valence-corrected chi connectivity index (χ0v) is 18.7. The number of halogens is 1. The maximum Gasteiger partial charge on any atom is 0.240 e. The Labute approximate surface area is 193 Å². The first-order valence-electron chi connectivity index (χ1n) is 10.6. The SMILES string of the molecule is COc1ccc(CCCC(=O)NN=Cc2ccc(OCc3ccc(F)cc3)c(OC)c2)cc1. The average molecular weight is 451 g/mol. The van der Waals surface area contributed by atoms with Crippen molar-refractivity contribution in [2.24, 2.45) is 5.10 Å². The van der Waals surface area contributed by atoms with Gasteiger partial charge in [0.1, 0.15) is 18.2 Å². The summed E-state index contributed by atoms with van der Waals surface area (Å²) in [5, 5.41) is 4.02. The van der Waals surface area contributed by atoms with Crippen molar-refractivity contribution in [1.82, 2.24) is 5.43 Å². The maximum absolute atomic E-state index is 13.0. The van der Waals surface area contributed by atoms with E-state index < -0.39 is 0 Å². The van der Waals surface area contributed by atoms with E-state index in [9.17, 15) is 9.18 Å². The van der Waals surface area contributed by atoms with Crippen LogP contribution in [0.15, 0.2) is 71.8 Å². The van der Waals surface area contributed by atoms with E-state index in [1.54, 1.807) is 44.7 Å². The molecular formula is C26H27FN2O4. The summed E-state index contributed by atoms with van der Waals surface area (Å²) in [5.41, 5.74) is 5.30. The van der Waals surface area contributed by atoms with Crippen molar-refractivity contribution in [3.8, 4) is 17.2 Å². The van der Waals surface area contributed by atoms with E-state index in [0.29, 0.717) is 17.9 Å². The molecule has 0 spiro atoms. The van der Waals surface area contributed by atoms with Crippen LogP contribution in [0.1, 0.15) is 29.5 Å². The first kappa shape index (κ1) is 23.8. The molecule has 1 amide bonds. The highest BCUT2D eigenvalue weighted by Gasteiger charge is 2.06. The van der Waals surface area contributed by atoms with E-state index in [2.05, 4.69) is 10.5 Å². The molecular weight excluding hydrogens is 423 g/mol. The second-order valence-corrected chi connectivity index (χ2v) is 7.32. The van der Waals surface area contributed by atoms with Gasteiger partial charge in [0.25, 0.3) is 0 Å². The lowest BCUT2D eigenvalue weighted by Crippen LogP contribution is -2.17. The Bertz CT molecular complexity index is 1070. The number of methoxy groups -OCH3 is 2. The van der Waals surface area contributed by atoms with Crippen LogP contribution in [0.4, 0.5) is 4.39 Å². The lowest BCUT2D eigenvalue weighted by molar-refractivity contribution is -0.121. The summed E-state index contributed by atoms with van der Waals surface area (Å²) in [4.78, 5) is 12.0. The quantitative estimate of drug-likeness (QED) is 0.333. The molecule has 0 aromatic heterocycles. The summed E-state index contributed by atoms with van der Waals surface area (Å²) >= 11 is 0. The number of hydrazone groups is 1. The standard InChI is InChI=1S/C26H27FN2O4/c1-31-23-13-8-19(9-14-23)4-3-5-26(30)29-28-17-21-10-15-24(25(16-21)32-2)33-18-20-6-11-22(27)12-7-20/h6-17H,3-5,18H2,1-2H3,(H,29,30). The molecule has 33 heavy (non-hydrogen) atoms.